The number of amides is 1. The Bertz CT molecular complexity index is 1240. The van der Waals surface area contributed by atoms with E-state index in [1.165, 1.54) is 17.9 Å². The smallest absolute Gasteiger partial charge is 0.266 e. The standard InChI is InChI=1S/C22H17Cl3N4O2/c1-12-7-19(20(31-3)10-18(12)24)27-22(30)14(11-26)8-17-13(2)28-29(21(17)25)16-6-4-5-15(23)9-16/h4-10H,1-3H3,(H,27,30). The van der Waals surface area contributed by atoms with Crippen LogP contribution in [0.1, 0.15) is 16.8 Å². The highest BCUT2D eigenvalue weighted by Gasteiger charge is 2.18. The molecule has 0 fully saturated rings. The fourth-order valence-corrected chi connectivity index (χ4v) is 3.53. The molecule has 0 saturated carbocycles. The van der Waals surface area contributed by atoms with Gasteiger partial charge in [-0.05, 0) is 49.8 Å². The lowest BCUT2D eigenvalue weighted by molar-refractivity contribution is -0.112. The number of benzene rings is 2. The maximum Gasteiger partial charge on any atom is 0.266 e. The number of aryl methyl sites for hydroxylation is 2. The predicted octanol–water partition coefficient (Wildman–Crippen LogP) is 6.00. The Labute approximate surface area is 194 Å². The van der Waals surface area contributed by atoms with Crippen LogP contribution in [0, 0.1) is 25.2 Å². The number of halogens is 3. The summed E-state index contributed by atoms with van der Waals surface area (Å²) in [5.74, 6) is -0.238. The molecule has 3 rings (SSSR count). The Morgan fingerprint density at radius 1 is 1.23 bits per heavy atom. The Morgan fingerprint density at radius 2 is 1.97 bits per heavy atom. The van der Waals surface area contributed by atoms with Crippen molar-refractivity contribution in [3.05, 3.63) is 74.0 Å². The van der Waals surface area contributed by atoms with Crippen LogP contribution in [0.3, 0.4) is 0 Å². The van der Waals surface area contributed by atoms with E-state index in [9.17, 15) is 10.1 Å². The largest absolute Gasteiger partial charge is 0.495 e. The summed E-state index contributed by atoms with van der Waals surface area (Å²) in [5.41, 5.74) is 2.66. The van der Waals surface area contributed by atoms with Crippen molar-refractivity contribution in [1.29, 1.82) is 5.26 Å². The van der Waals surface area contributed by atoms with Crippen molar-refractivity contribution in [1.82, 2.24) is 9.78 Å². The number of nitriles is 1. The first-order valence-electron chi connectivity index (χ1n) is 9.03. The normalized spacial score (nSPS) is 11.2. The first kappa shape index (κ1) is 22.7. The van der Waals surface area contributed by atoms with Gasteiger partial charge in [0.05, 0.1) is 24.2 Å². The minimum Gasteiger partial charge on any atom is -0.495 e. The molecule has 31 heavy (non-hydrogen) atoms. The average molecular weight is 476 g/mol. The van der Waals surface area contributed by atoms with Crippen LogP contribution in [0.25, 0.3) is 11.8 Å². The molecule has 6 nitrogen and oxygen atoms in total. The molecule has 1 N–H and O–H groups in total. The van der Waals surface area contributed by atoms with Gasteiger partial charge in [0.15, 0.2) is 0 Å². The lowest BCUT2D eigenvalue weighted by Crippen LogP contribution is -2.14. The Balaban J connectivity index is 1.97. The van der Waals surface area contributed by atoms with Gasteiger partial charge in [-0.15, -0.1) is 0 Å². The van der Waals surface area contributed by atoms with Crippen LogP contribution in [0.4, 0.5) is 5.69 Å². The zero-order valence-corrected chi connectivity index (χ0v) is 19.1. The lowest BCUT2D eigenvalue weighted by atomic mass is 10.1. The molecule has 0 bridgehead atoms. The molecule has 0 aliphatic heterocycles. The first-order chi connectivity index (χ1) is 14.7. The molecular weight excluding hydrogens is 459 g/mol. The van der Waals surface area contributed by atoms with Crippen molar-refractivity contribution < 1.29 is 9.53 Å². The van der Waals surface area contributed by atoms with E-state index in [0.29, 0.717) is 38.4 Å². The van der Waals surface area contributed by atoms with Crippen LogP contribution in [0.5, 0.6) is 5.75 Å². The summed E-state index contributed by atoms with van der Waals surface area (Å²) in [7, 11) is 1.46. The molecule has 1 amide bonds. The van der Waals surface area contributed by atoms with Crippen molar-refractivity contribution in [2.75, 3.05) is 12.4 Å². The van der Waals surface area contributed by atoms with Gasteiger partial charge in [0.2, 0.25) is 0 Å². The molecule has 0 aliphatic carbocycles. The third-order valence-electron chi connectivity index (χ3n) is 4.48. The van der Waals surface area contributed by atoms with Gasteiger partial charge in [0.25, 0.3) is 5.91 Å². The van der Waals surface area contributed by atoms with E-state index in [1.807, 2.05) is 6.07 Å². The van der Waals surface area contributed by atoms with Gasteiger partial charge in [0.1, 0.15) is 22.5 Å². The van der Waals surface area contributed by atoms with E-state index in [4.69, 9.17) is 39.5 Å². The molecule has 9 heteroatoms. The van der Waals surface area contributed by atoms with E-state index in [1.54, 1.807) is 50.2 Å². The van der Waals surface area contributed by atoms with Crippen molar-refractivity contribution >= 4 is 52.5 Å². The van der Waals surface area contributed by atoms with E-state index in [-0.39, 0.29) is 10.7 Å². The molecule has 0 saturated heterocycles. The zero-order chi connectivity index (χ0) is 22.7. The minimum atomic E-state index is -0.617. The number of hydrogen-bond acceptors (Lipinski definition) is 4. The molecular formula is C22H17Cl3N4O2. The number of carbonyl (C=O) groups excluding carboxylic acids is 1. The maximum absolute atomic E-state index is 12.8. The highest BCUT2D eigenvalue weighted by molar-refractivity contribution is 6.32. The topological polar surface area (TPSA) is 79.9 Å². The Kier molecular flexibility index (Phi) is 6.91. The lowest BCUT2D eigenvalue weighted by Gasteiger charge is -2.12. The number of aromatic nitrogens is 2. The second-order valence-corrected chi connectivity index (χ2v) is 7.81. The number of nitrogens with zero attached hydrogens (tertiary/aromatic N) is 3. The van der Waals surface area contributed by atoms with Crippen LogP contribution in [-0.2, 0) is 4.79 Å². The minimum absolute atomic E-state index is 0.148. The fourth-order valence-electron chi connectivity index (χ4n) is 2.87. The van der Waals surface area contributed by atoms with Crippen molar-refractivity contribution in [2.24, 2.45) is 0 Å². The molecule has 3 aromatic rings. The van der Waals surface area contributed by atoms with Crippen LogP contribution in [-0.4, -0.2) is 22.8 Å². The van der Waals surface area contributed by atoms with Gasteiger partial charge >= 0.3 is 0 Å². The second-order valence-electron chi connectivity index (χ2n) is 6.61. The predicted molar refractivity (Wildman–Crippen MR) is 123 cm³/mol. The zero-order valence-electron chi connectivity index (χ0n) is 16.8. The number of carbonyl (C=O) groups is 1. The van der Waals surface area contributed by atoms with Gasteiger partial charge in [0, 0.05) is 21.7 Å². The summed E-state index contributed by atoms with van der Waals surface area (Å²) >= 11 is 18.7. The van der Waals surface area contributed by atoms with E-state index in [0.717, 1.165) is 5.56 Å². The number of ether oxygens (including phenoxy) is 1. The second kappa shape index (κ2) is 9.44. The Morgan fingerprint density at radius 3 is 2.61 bits per heavy atom. The summed E-state index contributed by atoms with van der Waals surface area (Å²) in [6, 6.07) is 12.2. The molecule has 0 radical (unpaired) electrons. The van der Waals surface area contributed by atoms with Crippen LogP contribution in [0.2, 0.25) is 15.2 Å². The van der Waals surface area contributed by atoms with Crippen molar-refractivity contribution in [3.63, 3.8) is 0 Å². The summed E-state index contributed by atoms with van der Waals surface area (Å²) < 4.78 is 6.76. The number of nitrogens with one attached hydrogen (secondary N) is 1. The summed E-state index contributed by atoms with van der Waals surface area (Å²) in [6.07, 6.45) is 1.40. The molecule has 0 unspecified atom stereocenters. The fraction of sp³-hybridized carbons (Fsp3) is 0.136. The van der Waals surface area contributed by atoms with Crippen molar-refractivity contribution in [3.8, 4) is 17.5 Å². The van der Waals surface area contributed by atoms with E-state index in [2.05, 4.69) is 10.4 Å². The van der Waals surface area contributed by atoms with Gasteiger partial charge < -0.3 is 10.1 Å². The van der Waals surface area contributed by atoms with Gasteiger partial charge in [-0.2, -0.15) is 10.4 Å². The average Bonchev–Trinajstić information content (AvgIpc) is 3.02. The third kappa shape index (κ3) is 4.86. The molecule has 0 aliphatic rings. The summed E-state index contributed by atoms with van der Waals surface area (Å²) in [5, 5.41) is 18.0. The highest BCUT2D eigenvalue weighted by atomic mass is 35.5. The van der Waals surface area contributed by atoms with Crippen LogP contribution < -0.4 is 10.1 Å². The molecule has 0 spiro atoms. The van der Waals surface area contributed by atoms with Gasteiger partial charge in [-0.1, -0.05) is 40.9 Å². The summed E-state index contributed by atoms with van der Waals surface area (Å²) in [4.78, 5) is 12.8. The Hall–Kier alpha value is -2.98. The van der Waals surface area contributed by atoms with Crippen LogP contribution >= 0.6 is 34.8 Å². The highest BCUT2D eigenvalue weighted by Crippen LogP contribution is 2.32. The SMILES string of the molecule is COc1cc(Cl)c(C)cc1NC(=O)C(C#N)=Cc1c(C)nn(-c2cccc(Cl)c2)c1Cl. The maximum atomic E-state index is 12.8. The monoisotopic (exact) mass is 474 g/mol. The molecule has 2 aromatic carbocycles. The number of hydrogen-bond donors (Lipinski definition) is 1. The number of anilines is 1. The van der Waals surface area contributed by atoms with Gasteiger partial charge in [-0.3, -0.25) is 4.79 Å². The molecule has 1 aromatic heterocycles. The van der Waals surface area contributed by atoms with E-state index >= 15 is 0 Å². The molecule has 0 atom stereocenters. The number of methoxy groups -OCH3 is 1. The van der Waals surface area contributed by atoms with Crippen LogP contribution in [0.15, 0.2) is 42.0 Å². The van der Waals surface area contributed by atoms with E-state index < -0.39 is 5.91 Å². The van der Waals surface area contributed by atoms with Gasteiger partial charge in [-0.25, -0.2) is 4.68 Å². The quantitative estimate of drug-likeness (QED) is 0.362. The van der Waals surface area contributed by atoms with Crippen molar-refractivity contribution in [2.45, 2.75) is 13.8 Å². The third-order valence-corrected chi connectivity index (χ3v) is 5.49. The first-order valence-corrected chi connectivity index (χ1v) is 10.2. The molecule has 1 heterocycles. The summed E-state index contributed by atoms with van der Waals surface area (Å²) in [6.45, 7) is 3.53. The molecule has 158 valence electrons. The number of rotatable bonds is 5.